The molecule has 0 saturated heterocycles. The molecule has 0 bridgehead atoms. The summed E-state index contributed by atoms with van der Waals surface area (Å²) in [5.74, 6) is -0.133. The number of benzene rings is 1. The predicted octanol–water partition coefficient (Wildman–Crippen LogP) is 2.61. The minimum atomic E-state index is -0.629. The van der Waals surface area contributed by atoms with Crippen molar-refractivity contribution in [2.75, 3.05) is 6.54 Å². The quantitative estimate of drug-likeness (QED) is 0.854. The van der Waals surface area contributed by atoms with Gasteiger partial charge in [0.2, 0.25) is 0 Å². The van der Waals surface area contributed by atoms with Gasteiger partial charge in [0.1, 0.15) is 5.82 Å². The SMILES string of the molecule is CC(C)C(CN)C(O)Cc1ccc(Cl)cc1F. The van der Waals surface area contributed by atoms with Crippen molar-refractivity contribution in [2.45, 2.75) is 26.4 Å². The molecular weight excluding hydrogens is 241 g/mol. The molecule has 0 aromatic heterocycles. The smallest absolute Gasteiger partial charge is 0.127 e. The van der Waals surface area contributed by atoms with E-state index in [4.69, 9.17) is 17.3 Å². The summed E-state index contributed by atoms with van der Waals surface area (Å²) in [6, 6.07) is 4.49. The number of rotatable bonds is 5. The number of aliphatic hydroxyl groups excluding tert-OH is 1. The lowest BCUT2D eigenvalue weighted by atomic mass is 9.87. The molecule has 1 rings (SSSR count). The molecule has 2 atom stereocenters. The average Bonchev–Trinajstić information content (AvgIpc) is 2.22. The Balaban J connectivity index is 2.76. The van der Waals surface area contributed by atoms with Crippen LogP contribution in [0.15, 0.2) is 18.2 Å². The monoisotopic (exact) mass is 259 g/mol. The Morgan fingerprint density at radius 3 is 2.53 bits per heavy atom. The molecule has 3 N–H and O–H groups in total. The van der Waals surface area contributed by atoms with Gasteiger partial charge in [0.25, 0.3) is 0 Å². The fraction of sp³-hybridized carbons (Fsp3) is 0.538. The van der Waals surface area contributed by atoms with Gasteiger partial charge >= 0.3 is 0 Å². The van der Waals surface area contributed by atoms with Gasteiger partial charge in [0.15, 0.2) is 0 Å². The molecule has 0 aliphatic heterocycles. The predicted molar refractivity (Wildman–Crippen MR) is 68.5 cm³/mol. The van der Waals surface area contributed by atoms with Gasteiger partial charge in [0.05, 0.1) is 6.10 Å². The third kappa shape index (κ3) is 3.95. The number of hydrogen-bond acceptors (Lipinski definition) is 2. The van der Waals surface area contributed by atoms with Gasteiger partial charge in [-0.2, -0.15) is 0 Å². The highest BCUT2D eigenvalue weighted by molar-refractivity contribution is 6.30. The molecule has 0 heterocycles. The van der Waals surface area contributed by atoms with Gasteiger partial charge in [-0.05, 0) is 36.1 Å². The van der Waals surface area contributed by atoms with Crippen molar-refractivity contribution < 1.29 is 9.50 Å². The molecule has 1 aromatic carbocycles. The normalized spacial score (nSPS) is 15.0. The molecule has 0 spiro atoms. The highest BCUT2D eigenvalue weighted by atomic mass is 35.5. The van der Waals surface area contributed by atoms with Crippen LogP contribution in [0.25, 0.3) is 0 Å². The van der Waals surface area contributed by atoms with E-state index in [1.807, 2.05) is 13.8 Å². The van der Waals surface area contributed by atoms with Crippen LogP contribution >= 0.6 is 11.6 Å². The Morgan fingerprint density at radius 1 is 1.41 bits per heavy atom. The van der Waals surface area contributed by atoms with Gasteiger partial charge < -0.3 is 10.8 Å². The van der Waals surface area contributed by atoms with Crippen LogP contribution in [-0.4, -0.2) is 17.8 Å². The third-order valence-corrected chi connectivity index (χ3v) is 3.30. The first-order valence-electron chi connectivity index (χ1n) is 5.77. The highest BCUT2D eigenvalue weighted by Gasteiger charge is 2.22. The van der Waals surface area contributed by atoms with Crippen molar-refractivity contribution in [1.29, 1.82) is 0 Å². The molecule has 96 valence electrons. The molecule has 0 saturated carbocycles. The fourth-order valence-electron chi connectivity index (χ4n) is 1.94. The van der Waals surface area contributed by atoms with E-state index in [1.165, 1.54) is 6.07 Å². The highest BCUT2D eigenvalue weighted by Crippen LogP contribution is 2.21. The van der Waals surface area contributed by atoms with Gasteiger partial charge in [-0.1, -0.05) is 31.5 Å². The van der Waals surface area contributed by atoms with Crippen LogP contribution in [-0.2, 0) is 6.42 Å². The largest absolute Gasteiger partial charge is 0.392 e. The van der Waals surface area contributed by atoms with Crippen LogP contribution < -0.4 is 5.73 Å². The van der Waals surface area contributed by atoms with Crippen molar-refractivity contribution >= 4 is 11.6 Å². The van der Waals surface area contributed by atoms with E-state index < -0.39 is 6.10 Å². The van der Waals surface area contributed by atoms with Gasteiger partial charge in [-0.25, -0.2) is 4.39 Å². The van der Waals surface area contributed by atoms with Crippen LogP contribution in [0.3, 0.4) is 0 Å². The first-order chi connectivity index (χ1) is 7.95. The molecule has 0 aliphatic carbocycles. The maximum atomic E-state index is 13.6. The summed E-state index contributed by atoms with van der Waals surface area (Å²) in [5, 5.41) is 10.4. The number of halogens is 2. The molecule has 0 amide bonds. The molecule has 1 aromatic rings. The molecule has 0 aliphatic rings. The maximum absolute atomic E-state index is 13.6. The zero-order valence-electron chi connectivity index (χ0n) is 10.2. The van der Waals surface area contributed by atoms with Crippen molar-refractivity contribution in [3.05, 3.63) is 34.6 Å². The Bertz CT molecular complexity index is 370. The molecule has 2 unspecified atom stereocenters. The second kappa shape index (κ2) is 6.34. The second-order valence-electron chi connectivity index (χ2n) is 4.65. The Hall–Kier alpha value is -0.640. The van der Waals surface area contributed by atoms with Gasteiger partial charge in [-0.3, -0.25) is 0 Å². The van der Waals surface area contributed by atoms with Crippen molar-refractivity contribution in [1.82, 2.24) is 0 Å². The van der Waals surface area contributed by atoms with Crippen LogP contribution in [0.2, 0.25) is 5.02 Å². The molecule has 17 heavy (non-hydrogen) atoms. The minimum absolute atomic E-state index is 0.0231. The van der Waals surface area contributed by atoms with Crippen molar-refractivity contribution in [3.8, 4) is 0 Å². The van der Waals surface area contributed by atoms with E-state index in [0.717, 1.165) is 0 Å². The number of nitrogens with two attached hydrogens (primary N) is 1. The van der Waals surface area contributed by atoms with E-state index in [2.05, 4.69) is 0 Å². The maximum Gasteiger partial charge on any atom is 0.127 e. The molecular formula is C13H19ClFNO. The van der Waals surface area contributed by atoms with E-state index >= 15 is 0 Å². The third-order valence-electron chi connectivity index (χ3n) is 3.07. The second-order valence-corrected chi connectivity index (χ2v) is 5.09. The molecule has 0 radical (unpaired) electrons. The Labute approximate surface area is 107 Å². The van der Waals surface area contributed by atoms with E-state index in [0.29, 0.717) is 17.1 Å². The molecule has 4 heteroatoms. The lowest BCUT2D eigenvalue weighted by molar-refractivity contribution is 0.0855. The lowest BCUT2D eigenvalue weighted by Crippen LogP contribution is -2.33. The van der Waals surface area contributed by atoms with Crippen LogP contribution in [0.5, 0.6) is 0 Å². The topological polar surface area (TPSA) is 46.2 Å². The van der Waals surface area contributed by atoms with Gasteiger partial charge in [-0.15, -0.1) is 0 Å². The fourth-order valence-corrected chi connectivity index (χ4v) is 2.10. The summed E-state index contributed by atoms with van der Waals surface area (Å²) in [4.78, 5) is 0. The first-order valence-corrected chi connectivity index (χ1v) is 6.15. The summed E-state index contributed by atoms with van der Waals surface area (Å²) >= 11 is 5.67. The Kier molecular flexibility index (Phi) is 5.37. The van der Waals surface area contributed by atoms with E-state index in [1.54, 1.807) is 12.1 Å². The summed E-state index contributed by atoms with van der Waals surface area (Å²) in [5.41, 5.74) is 6.09. The zero-order valence-corrected chi connectivity index (χ0v) is 10.9. The first kappa shape index (κ1) is 14.4. The number of aliphatic hydroxyl groups is 1. The van der Waals surface area contributed by atoms with Crippen LogP contribution in [0.4, 0.5) is 4.39 Å². The van der Waals surface area contributed by atoms with Crippen LogP contribution in [0.1, 0.15) is 19.4 Å². The summed E-state index contributed by atoms with van der Waals surface area (Å²) < 4.78 is 13.6. The zero-order chi connectivity index (χ0) is 13.0. The summed E-state index contributed by atoms with van der Waals surface area (Å²) in [7, 11) is 0. The average molecular weight is 260 g/mol. The molecule has 2 nitrogen and oxygen atoms in total. The summed E-state index contributed by atoms with van der Waals surface area (Å²) in [6.07, 6.45) is -0.362. The van der Waals surface area contributed by atoms with E-state index in [9.17, 15) is 9.50 Å². The summed E-state index contributed by atoms with van der Waals surface area (Å²) in [6.45, 7) is 4.39. The standard InChI is InChI=1S/C13H19ClFNO/c1-8(2)11(7-16)13(17)5-9-3-4-10(14)6-12(9)15/h3-4,6,8,11,13,17H,5,7,16H2,1-2H3. The van der Waals surface area contributed by atoms with Crippen molar-refractivity contribution in [3.63, 3.8) is 0 Å². The Morgan fingerprint density at radius 2 is 2.06 bits per heavy atom. The van der Waals surface area contributed by atoms with E-state index in [-0.39, 0.29) is 24.1 Å². The number of hydrogen-bond donors (Lipinski definition) is 2. The van der Waals surface area contributed by atoms with Gasteiger partial charge in [0, 0.05) is 11.4 Å². The minimum Gasteiger partial charge on any atom is -0.392 e. The molecule has 0 fully saturated rings. The van der Waals surface area contributed by atoms with Crippen LogP contribution in [0, 0.1) is 17.7 Å². The lowest BCUT2D eigenvalue weighted by Gasteiger charge is -2.25. The van der Waals surface area contributed by atoms with Crippen molar-refractivity contribution in [2.24, 2.45) is 17.6 Å².